The topological polar surface area (TPSA) is 72.6 Å². The van der Waals surface area contributed by atoms with Crippen LogP contribution in [0.5, 0.6) is 5.75 Å². The number of esters is 1. The minimum Gasteiger partial charge on any atom is -0.508 e. The van der Waals surface area contributed by atoms with Gasteiger partial charge in [0.25, 0.3) is 0 Å². The van der Waals surface area contributed by atoms with Crippen LogP contribution in [0, 0.1) is 6.92 Å². The van der Waals surface area contributed by atoms with E-state index in [0.717, 1.165) is 5.56 Å². The van der Waals surface area contributed by atoms with Crippen LogP contribution in [0.15, 0.2) is 34.9 Å². The molecule has 0 aliphatic heterocycles. The Morgan fingerprint density at radius 3 is 2.63 bits per heavy atom. The normalized spacial score (nSPS) is 12.1. The Balaban J connectivity index is 2.33. The number of hydrogen-bond acceptors (Lipinski definition) is 5. The lowest BCUT2D eigenvalue weighted by atomic mass is 9.92. The molecule has 19 heavy (non-hydrogen) atoms. The lowest BCUT2D eigenvalue weighted by molar-refractivity contribution is -0.140. The maximum Gasteiger partial charge on any atom is 0.306 e. The van der Waals surface area contributed by atoms with E-state index < -0.39 is 0 Å². The van der Waals surface area contributed by atoms with Gasteiger partial charge in [-0.25, -0.2) is 0 Å². The van der Waals surface area contributed by atoms with Crippen molar-refractivity contribution < 1.29 is 19.2 Å². The van der Waals surface area contributed by atoms with Crippen LogP contribution in [-0.2, 0) is 9.53 Å². The summed E-state index contributed by atoms with van der Waals surface area (Å²) in [5.41, 5.74) is 1.55. The lowest BCUT2D eigenvalue weighted by Crippen LogP contribution is -2.10. The summed E-state index contributed by atoms with van der Waals surface area (Å²) in [5.74, 6) is 0.296. The Morgan fingerprint density at radius 2 is 2.11 bits per heavy atom. The molecule has 1 atom stereocenters. The maximum absolute atomic E-state index is 11.5. The molecule has 0 radical (unpaired) electrons. The van der Waals surface area contributed by atoms with Gasteiger partial charge in [0.15, 0.2) is 0 Å². The zero-order valence-corrected chi connectivity index (χ0v) is 10.8. The quantitative estimate of drug-likeness (QED) is 0.855. The van der Waals surface area contributed by atoms with Crippen molar-refractivity contribution >= 4 is 5.97 Å². The van der Waals surface area contributed by atoms with Crippen molar-refractivity contribution in [3.63, 3.8) is 0 Å². The van der Waals surface area contributed by atoms with Crippen LogP contribution < -0.4 is 0 Å². The highest BCUT2D eigenvalue weighted by Gasteiger charge is 2.22. The minimum atomic E-state index is -0.321. The molecule has 1 N–H and O–H groups in total. The molecule has 0 saturated carbocycles. The first-order valence-electron chi connectivity index (χ1n) is 5.89. The number of carbonyl (C=O) groups excluding carboxylic acids is 1. The smallest absolute Gasteiger partial charge is 0.306 e. The monoisotopic (exact) mass is 261 g/mol. The number of carbonyl (C=O) groups is 1. The average molecular weight is 261 g/mol. The molecule has 0 amide bonds. The molecule has 5 heteroatoms. The number of phenols is 1. The molecule has 100 valence electrons. The highest BCUT2D eigenvalue weighted by atomic mass is 16.5. The second kappa shape index (κ2) is 5.56. The van der Waals surface area contributed by atoms with Crippen LogP contribution in [0.1, 0.15) is 29.4 Å². The van der Waals surface area contributed by atoms with Crippen LogP contribution in [0.3, 0.4) is 0 Å². The maximum atomic E-state index is 11.5. The Bertz CT molecular complexity index is 559. The van der Waals surface area contributed by atoms with E-state index in [4.69, 9.17) is 9.26 Å². The number of benzene rings is 1. The van der Waals surface area contributed by atoms with E-state index in [2.05, 4.69) is 5.16 Å². The van der Waals surface area contributed by atoms with E-state index in [1.165, 1.54) is 7.11 Å². The number of aryl methyl sites for hydroxylation is 1. The van der Waals surface area contributed by atoms with Crippen LogP contribution in [0.4, 0.5) is 0 Å². The average Bonchev–Trinajstić information content (AvgIpc) is 2.83. The number of aromatic hydroxyl groups is 1. The van der Waals surface area contributed by atoms with E-state index in [9.17, 15) is 9.90 Å². The summed E-state index contributed by atoms with van der Waals surface area (Å²) < 4.78 is 9.76. The Morgan fingerprint density at radius 1 is 1.42 bits per heavy atom. The third-order valence-corrected chi connectivity index (χ3v) is 2.90. The molecule has 0 fully saturated rings. The summed E-state index contributed by atoms with van der Waals surface area (Å²) in [7, 11) is 1.35. The molecule has 1 aromatic carbocycles. The third-order valence-electron chi connectivity index (χ3n) is 2.90. The van der Waals surface area contributed by atoms with Crippen LogP contribution in [0.25, 0.3) is 0 Å². The number of hydrogen-bond donors (Lipinski definition) is 1. The number of aromatic nitrogens is 1. The molecular formula is C14H15NO4. The fourth-order valence-corrected chi connectivity index (χ4v) is 1.90. The first-order valence-corrected chi connectivity index (χ1v) is 5.89. The molecule has 0 unspecified atom stereocenters. The molecule has 0 bridgehead atoms. The van der Waals surface area contributed by atoms with Crippen molar-refractivity contribution in [3.05, 3.63) is 47.3 Å². The minimum absolute atomic E-state index is 0.174. The van der Waals surface area contributed by atoms with Gasteiger partial charge in [0.05, 0.1) is 19.2 Å². The molecule has 0 aliphatic rings. The number of methoxy groups -OCH3 is 1. The molecule has 5 nitrogen and oxygen atoms in total. The van der Waals surface area contributed by atoms with Gasteiger partial charge in [-0.1, -0.05) is 17.3 Å². The molecule has 1 heterocycles. The van der Waals surface area contributed by atoms with E-state index in [0.29, 0.717) is 11.5 Å². The Kier molecular flexibility index (Phi) is 3.85. The van der Waals surface area contributed by atoms with E-state index >= 15 is 0 Å². The summed E-state index contributed by atoms with van der Waals surface area (Å²) in [4.78, 5) is 11.5. The molecule has 0 spiro atoms. The highest BCUT2D eigenvalue weighted by Crippen LogP contribution is 2.29. The second-order valence-corrected chi connectivity index (χ2v) is 4.29. The van der Waals surface area contributed by atoms with Crippen molar-refractivity contribution in [2.45, 2.75) is 19.3 Å². The standard InChI is InChI=1S/C14H15NO4/c1-9-7-13(15-19-9)12(8-14(17)18-2)10-3-5-11(16)6-4-10/h3-7,12,16H,8H2,1-2H3/t12-/m0/s1. The number of rotatable bonds is 4. The Labute approximate surface area is 110 Å². The van der Waals surface area contributed by atoms with Gasteiger partial charge in [0.2, 0.25) is 0 Å². The van der Waals surface area contributed by atoms with Crippen molar-refractivity contribution in [2.75, 3.05) is 7.11 Å². The fraction of sp³-hybridized carbons (Fsp3) is 0.286. The Hall–Kier alpha value is -2.30. The van der Waals surface area contributed by atoms with Crippen LogP contribution >= 0.6 is 0 Å². The SMILES string of the molecule is COC(=O)C[C@@H](c1ccc(O)cc1)c1cc(C)on1. The van der Waals surface area contributed by atoms with Crippen LogP contribution in [0.2, 0.25) is 0 Å². The third kappa shape index (κ3) is 3.13. The summed E-state index contributed by atoms with van der Waals surface area (Å²) >= 11 is 0. The molecule has 2 rings (SSSR count). The predicted molar refractivity (Wildman–Crippen MR) is 67.8 cm³/mol. The first kappa shape index (κ1) is 13.1. The van der Waals surface area contributed by atoms with Gasteiger partial charge in [-0.2, -0.15) is 0 Å². The molecule has 0 aliphatic carbocycles. The number of nitrogens with zero attached hydrogens (tertiary/aromatic N) is 1. The molecule has 1 aromatic heterocycles. The highest BCUT2D eigenvalue weighted by molar-refractivity contribution is 5.71. The molecule has 0 saturated heterocycles. The van der Waals surface area contributed by atoms with E-state index in [1.807, 2.05) is 0 Å². The van der Waals surface area contributed by atoms with Crippen molar-refractivity contribution in [1.29, 1.82) is 0 Å². The van der Waals surface area contributed by atoms with Crippen molar-refractivity contribution in [2.24, 2.45) is 0 Å². The van der Waals surface area contributed by atoms with Gasteiger partial charge < -0.3 is 14.4 Å². The molecule has 2 aromatic rings. The largest absolute Gasteiger partial charge is 0.508 e. The summed E-state index contributed by atoms with van der Waals surface area (Å²) in [6.45, 7) is 1.79. The lowest BCUT2D eigenvalue weighted by Gasteiger charge is -2.13. The van der Waals surface area contributed by atoms with Gasteiger partial charge in [-0.15, -0.1) is 0 Å². The zero-order chi connectivity index (χ0) is 13.8. The van der Waals surface area contributed by atoms with E-state index in [-0.39, 0.29) is 24.1 Å². The van der Waals surface area contributed by atoms with E-state index in [1.54, 1.807) is 37.3 Å². The zero-order valence-electron chi connectivity index (χ0n) is 10.8. The van der Waals surface area contributed by atoms with Gasteiger partial charge in [-0.3, -0.25) is 4.79 Å². The predicted octanol–water partition coefficient (Wildman–Crippen LogP) is 2.38. The number of ether oxygens (including phenoxy) is 1. The van der Waals surface area contributed by atoms with Gasteiger partial charge in [-0.05, 0) is 24.6 Å². The van der Waals surface area contributed by atoms with Gasteiger partial charge >= 0.3 is 5.97 Å². The summed E-state index contributed by atoms with van der Waals surface area (Å²) in [5, 5.41) is 13.3. The van der Waals surface area contributed by atoms with Gasteiger partial charge in [0, 0.05) is 12.0 Å². The molecular weight excluding hydrogens is 246 g/mol. The summed E-state index contributed by atoms with van der Waals surface area (Å²) in [6, 6.07) is 8.46. The van der Waals surface area contributed by atoms with Crippen molar-refractivity contribution in [3.8, 4) is 5.75 Å². The number of phenolic OH excluding ortho intramolecular Hbond substituents is 1. The second-order valence-electron chi connectivity index (χ2n) is 4.29. The first-order chi connectivity index (χ1) is 9.10. The summed E-state index contributed by atoms with van der Waals surface area (Å²) in [6.07, 6.45) is 0.174. The van der Waals surface area contributed by atoms with Gasteiger partial charge in [0.1, 0.15) is 11.5 Å². The van der Waals surface area contributed by atoms with Crippen molar-refractivity contribution in [1.82, 2.24) is 5.16 Å². The van der Waals surface area contributed by atoms with Crippen LogP contribution in [-0.4, -0.2) is 23.3 Å². The fourth-order valence-electron chi connectivity index (χ4n) is 1.90.